The Hall–Kier alpha value is -2.56. The van der Waals surface area contributed by atoms with Gasteiger partial charge in [0.25, 0.3) is 0 Å². The number of benzene rings is 3. The van der Waals surface area contributed by atoms with Gasteiger partial charge in [0.15, 0.2) is 0 Å². The number of nitrogens with two attached hydrogens (primary N) is 1. The first-order chi connectivity index (χ1) is 13.1. The van der Waals surface area contributed by atoms with Crippen molar-refractivity contribution in [1.82, 2.24) is 0 Å². The molecule has 0 spiro atoms. The summed E-state index contributed by atoms with van der Waals surface area (Å²) in [6.07, 6.45) is 0. The second-order valence-corrected chi connectivity index (χ2v) is 8.06. The van der Waals surface area contributed by atoms with Gasteiger partial charge in [0, 0.05) is 5.25 Å². The van der Waals surface area contributed by atoms with Crippen LogP contribution in [-0.4, -0.2) is 22.4 Å². The van der Waals surface area contributed by atoms with Gasteiger partial charge >= 0.3 is 5.97 Å². The normalized spacial score (nSPS) is 13.7. The highest BCUT2D eigenvalue weighted by atomic mass is 32.2. The van der Waals surface area contributed by atoms with Crippen LogP contribution in [0.2, 0.25) is 0 Å². The van der Waals surface area contributed by atoms with Crippen molar-refractivity contribution in [2.24, 2.45) is 5.73 Å². The summed E-state index contributed by atoms with van der Waals surface area (Å²) in [6.45, 7) is 1.88. The second-order valence-electron chi connectivity index (χ2n) is 6.47. The first-order valence-corrected chi connectivity index (χ1v) is 9.76. The monoisotopic (exact) mass is 377 g/mol. The van der Waals surface area contributed by atoms with E-state index >= 15 is 0 Å². The Kier molecular flexibility index (Phi) is 5.99. The minimum absolute atomic E-state index is 0.303. The molecule has 0 aliphatic rings. The lowest BCUT2D eigenvalue weighted by atomic mass is 9.84. The van der Waals surface area contributed by atoms with Gasteiger partial charge in [-0.15, -0.1) is 11.8 Å². The number of rotatable bonds is 7. The predicted molar refractivity (Wildman–Crippen MR) is 112 cm³/mol. The minimum Gasteiger partial charge on any atom is -0.480 e. The summed E-state index contributed by atoms with van der Waals surface area (Å²) in [5.74, 6) is -0.988. The summed E-state index contributed by atoms with van der Waals surface area (Å²) >= 11 is 1.58. The zero-order valence-electron chi connectivity index (χ0n) is 15.2. The fourth-order valence-electron chi connectivity index (χ4n) is 3.28. The van der Waals surface area contributed by atoms with Gasteiger partial charge in [0.05, 0.1) is 4.75 Å². The fraction of sp³-hybridized carbons (Fsp3) is 0.174. The van der Waals surface area contributed by atoms with Crippen LogP contribution in [0.15, 0.2) is 91.0 Å². The highest BCUT2D eigenvalue weighted by Crippen LogP contribution is 2.50. The number of carboxylic acids is 1. The molecule has 0 saturated heterocycles. The largest absolute Gasteiger partial charge is 0.480 e. The molecule has 0 aromatic heterocycles. The third kappa shape index (κ3) is 3.92. The summed E-state index contributed by atoms with van der Waals surface area (Å²) in [5, 5.41) is 9.12. The molecule has 138 valence electrons. The Morgan fingerprint density at radius 3 is 1.44 bits per heavy atom. The van der Waals surface area contributed by atoms with E-state index in [2.05, 4.69) is 36.4 Å². The van der Waals surface area contributed by atoms with Crippen molar-refractivity contribution < 1.29 is 9.90 Å². The molecule has 27 heavy (non-hydrogen) atoms. The molecule has 0 bridgehead atoms. The molecular formula is C23H23NO2S. The summed E-state index contributed by atoms with van der Waals surface area (Å²) < 4.78 is -0.559. The summed E-state index contributed by atoms with van der Waals surface area (Å²) in [4.78, 5) is 11.5. The number of hydrogen-bond acceptors (Lipinski definition) is 3. The van der Waals surface area contributed by atoms with Gasteiger partial charge in [-0.3, -0.25) is 4.79 Å². The van der Waals surface area contributed by atoms with Crippen LogP contribution in [0.5, 0.6) is 0 Å². The number of aliphatic carboxylic acids is 1. The molecule has 3 nitrogen and oxygen atoms in total. The molecule has 3 N–H and O–H groups in total. The highest BCUT2D eigenvalue weighted by molar-refractivity contribution is 8.01. The Bertz CT molecular complexity index is 772. The molecule has 0 radical (unpaired) electrons. The van der Waals surface area contributed by atoms with Crippen molar-refractivity contribution >= 4 is 17.7 Å². The Labute approximate surface area is 164 Å². The molecule has 0 saturated carbocycles. The zero-order chi connectivity index (χ0) is 19.3. The fourth-order valence-corrected chi connectivity index (χ4v) is 4.91. The first-order valence-electron chi connectivity index (χ1n) is 8.88. The zero-order valence-corrected chi connectivity index (χ0v) is 16.0. The van der Waals surface area contributed by atoms with Gasteiger partial charge in [0.2, 0.25) is 0 Å². The van der Waals surface area contributed by atoms with Crippen molar-refractivity contribution in [3.63, 3.8) is 0 Å². The van der Waals surface area contributed by atoms with Gasteiger partial charge < -0.3 is 10.8 Å². The third-order valence-corrected chi connectivity index (χ3v) is 6.42. The number of carboxylic acid groups (broad SMARTS) is 1. The van der Waals surface area contributed by atoms with E-state index in [1.165, 1.54) is 0 Å². The summed E-state index contributed by atoms with van der Waals surface area (Å²) in [5.41, 5.74) is 9.26. The quantitative estimate of drug-likeness (QED) is 0.595. The average molecular weight is 378 g/mol. The van der Waals surface area contributed by atoms with E-state index in [1.807, 2.05) is 61.5 Å². The Morgan fingerprint density at radius 1 is 0.815 bits per heavy atom. The van der Waals surface area contributed by atoms with Gasteiger partial charge in [-0.1, -0.05) is 97.9 Å². The maximum Gasteiger partial charge on any atom is 0.321 e. The lowest BCUT2D eigenvalue weighted by molar-refractivity contribution is -0.138. The van der Waals surface area contributed by atoms with Crippen LogP contribution in [0.4, 0.5) is 0 Å². The van der Waals surface area contributed by atoms with E-state index in [-0.39, 0.29) is 5.25 Å². The minimum atomic E-state index is -0.988. The predicted octanol–water partition coefficient (Wildman–Crippen LogP) is 4.51. The van der Waals surface area contributed by atoms with E-state index in [9.17, 15) is 9.90 Å². The molecule has 2 atom stereocenters. The highest BCUT2D eigenvalue weighted by Gasteiger charge is 2.40. The van der Waals surface area contributed by atoms with Crippen LogP contribution in [0.25, 0.3) is 0 Å². The number of thioether (sulfide) groups is 1. The van der Waals surface area contributed by atoms with Crippen LogP contribution in [0.3, 0.4) is 0 Å². The molecule has 0 fully saturated rings. The molecule has 3 aromatic rings. The van der Waals surface area contributed by atoms with Gasteiger partial charge in [-0.05, 0) is 16.7 Å². The summed E-state index contributed by atoms with van der Waals surface area (Å²) in [6, 6.07) is 29.6. The smallest absolute Gasteiger partial charge is 0.321 e. The molecule has 0 aliphatic heterocycles. The van der Waals surface area contributed by atoms with Crippen LogP contribution in [0, 0.1) is 0 Å². The molecule has 0 aliphatic carbocycles. The SMILES string of the molecule is CC(SC(c1ccccc1)(c1ccccc1)c1ccccc1)[C@H](N)C(=O)O. The molecule has 3 aromatic carbocycles. The van der Waals surface area contributed by atoms with Crippen LogP contribution in [0.1, 0.15) is 23.6 Å². The lowest BCUT2D eigenvalue weighted by Crippen LogP contribution is -2.41. The van der Waals surface area contributed by atoms with E-state index in [4.69, 9.17) is 5.73 Å². The Balaban J connectivity index is 2.24. The first kappa shape index (κ1) is 19.2. The number of carbonyl (C=O) groups is 1. The molecule has 0 amide bonds. The van der Waals surface area contributed by atoms with Crippen LogP contribution >= 0.6 is 11.8 Å². The van der Waals surface area contributed by atoms with E-state index in [0.717, 1.165) is 16.7 Å². The standard InChI is InChI=1S/C23H23NO2S/c1-17(21(24)22(25)26)27-23(18-11-5-2-6-12-18,19-13-7-3-8-14-19)20-15-9-4-10-16-20/h2-17,21H,24H2,1H3,(H,25,26)/t17?,21-/m0/s1. The van der Waals surface area contributed by atoms with Crippen molar-refractivity contribution in [3.8, 4) is 0 Å². The molecule has 0 heterocycles. The van der Waals surface area contributed by atoms with Crippen molar-refractivity contribution in [2.45, 2.75) is 23.0 Å². The second kappa shape index (κ2) is 8.42. The van der Waals surface area contributed by atoms with Gasteiger partial charge in [-0.2, -0.15) is 0 Å². The van der Waals surface area contributed by atoms with Crippen molar-refractivity contribution in [3.05, 3.63) is 108 Å². The summed E-state index contributed by atoms with van der Waals surface area (Å²) in [7, 11) is 0. The third-order valence-electron chi connectivity index (χ3n) is 4.69. The lowest BCUT2D eigenvalue weighted by Gasteiger charge is -2.38. The van der Waals surface area contributed by atoms with Crippen LogP contribution in [-0.2, 0) is 9.54 Å². The molecule has 3 rings (SSSR count). The molecule has 4 heteroatoms. The maximum absolute atomic E-state index is 11.5. The van der Waals surface area contributed by atoms with Gasteiger partial charge in [-0.25, -0.2) is 0 Å². The van der Waals surface area contributed by atoms with E-state index < -0.39 is 16.8 Å². The Morgan fingerprint density at radius 2 is 1.15 bits per heavy atom. The van der Waals surface area contributed by atoms with E-state index in [1.54, 1.807) is 11.8 Å². The van der Waals surface area contributed by atoms with Crippen LogP contribution < -0.4 is 5.73 Å². The number of hydrogen-bond donors (Lipinski definition) is 2. The average Bonchev–Trinajstić information content (AvgIpc) is 2.73. The van der Waals surface area contributed by atoms with Gasteiger partial charge in [0.1, 0.15) is 6.04 Å². The van der Waals surface area contributed by atoms with Crippen molar-refractivity contribution in [1.29, 1.82) is 0 Å². The maximum atomic E-state index is 11.5. The molecule has 1 unspecified atom stereocenters. The van der Waals surface area contributed by atoms with Crippen molar-refractivity contribution in [2.75, 3.05) is 0 Å². The van der Waals surface area contributed by atoms with E-state index in [0.29, 0.717) is 0 Å². The topological polar surface area (TPSA) is 63.3 Å². The molecular weight excluding hydrogens is 354 g/mol.